The molecule has 0 saturated carbocycles. The van der Waals surface area contributed by atoms with E-state index in [0.717, 1.165) is 0 Å². The normalized spacial score (nSPS) is 17.6. The van der Waals surface area contributed by atoms with Crippen molar-refractivity contribution in [3.63, 3.8) is 0 Å². The average Bonchev–Trinajstić information content (AvgIpc) is 2.50. The van der Waals surface area contributed by atoms with Crippen LogP contribution in [0.4, 0.5) is 0 Å². The largest absolute Gasteiger partial charge is 0.380 e. The number of Topliss-reactive ketones (excluding diaryl/α,β-unsaturated/α-hetero) is 2. The number of nitrogens with one attached hydrogen (secondary N) is 1. The average molecular weight is 373 g/mol. The fourth-order valence-electron chi connectivity index (χ4n) is 2.52. The molecule has 1 rings (SSSR count). The molecule has 2 N–H and O–H groups in total. The van der Waals surface area contributed by atoms with E-state index in [0.29, 0.717) is 35.4 Å². The molecule has 6 nitrogen and oxygen atoms in total. The minimum atomic E-state index is -1.59. The van der Waals surface area contributed by atoms with Crippen molar-refractivity contribution >= 4 is 29.9 Å². The van der Waals surface area contributed by atoms with Crippen molar-refractivity contribution in [3.8, 4) is 0 Å². The molecule has 142 valence electrons. The van der Waals surface area contributed by atoms with Crippen LogP contribution in [0.3, 0.4) is 0 Å². The first-order chi connectivity index (χ1) is 11.0. The molecule has 7 heteroatoms. The van der Waals surface area contributed by atoms with Crippen molar-refractivity contribution in [1.82, 2.24) is 10.2 Å². The highest BCUT2D eigenvalue weighted by Gasteiger charge is 2.33. The highest BCUT2D eigenvalue weighted by atomic mass is 35.5. The Balaban J connectivity index is 0.00000576. The number of halogens is 1. The summed E-state index contributed by atoms with van der Waals surface area (Å²) >= 11 is 0. The Morgan fingerprint density at radius 3 is 2.12 bits per heavy atom. The molecule has 1 amide bonds. The molecule has 0 radical (unpaired) electrons. The minimum Gasteiger partial charge on any atom is -0.380 e. The van der Waals surface area contributed by atoms with Crippen molar-refractivity contribution in [2.24, 2.45) is 0 Å². The van der Waals surface area contributed by atoms with E-state index in [1.165, 1.54) is 6.92 Å². The van der Waals surface area contributed by atoms with Gasteiger partial charge in [-0.05, 0) is 54.6 Å². The van der Waals surface area contributed by atoms with Crippen LogP contribution in [-0.4, -0.2) is 60.3 Å². The summed E-state index contributed by atoms with van der Waals surface area (Å²) in [5, 5.41) is 13.1. The Bertz CT molecular complexity index is 619. The standard InChI is InChI=1S/C18H28N2O4.ClH/c1-11-12(2)16(22)14(13(3)15(11)21)7-8-18(4,24)17(23)19-9-10-20(5)6;/h24H,7-10H2,1-6H3,(H,19,23);1H. The van der Waals surface area contributed by atoms with Gasteiger partial charge in [-0.2, -0.15) is 0 Å². The van der Waals surface area contributed by atoms with Gasteiger partial charge in [-0.15, -0.1) is 12.4 Å². The predicted octanol–water partition coefficient (Wildman–Crippen LogP) is 1.42. The van der Waals surface area contributed by atoms with Gasteiger partial charge in [0.25, 0.3) is 5.91 Å². The Morgan fingerprint density at radius 1 is 1.08 bits per heavy atom. The third kappa shape index (κ3) is 5.76. The van der Waals surface area contributed by atoms with Crippen LogP contribution in [0.2, 0.25) is 0 Å². The van der Waals surface area contributed by atoms with Gasteiger partial charge in [0.1, 0.15) is 5.60 Å². The van der Waals surface area contributed by atoms with E-state index in [2.05, 4.69) is 5.32 Å². The summed E-state index contributed by atoms with van der Waals surface area (Å²) in [6.45, 7) is 7.43. The van der Waals surface area contributed by atoms with Crippen molar-refractivity contribution in [2.75, 3.05) is 27.2 Å². The molecule has 1 aliphatic rings. The van der Waals surface area contributed by atoms with Crippen molar-refractivity contribution in [1.29, 1.82) is 0 Å². The molecule has 0 aromatic heterocycles. The van der Waals surface area contributed by atoms with Crippen LogP contribution in [0.15, 0.2) is 22.3 Å². The van der Waals surface area contributed by atoms with E-state index in [4.69, 9.17) is 0 Å². The molecule has 0 saturated heterocycles. The lowest BCUT2D eigenvalue weighted by atomic mass is 9.82. The maximum Gasteiger partial charge on any atom is 0.251 e. The van der Waals surface area contributed by atoms with Gasteiger partial charge in [-0.3, -0.25) is 14.4 Å². The number of rotatable bonds is 7. The molecular formula is C18H29ClN2O4. The molecule has 0 aromatic rings. The zero-order valence-corrected chi connectivity index (χ0v) is 16.7. The SMILES string of the molecule is CC1=C(C)C(=O)C(CCC(C)(O)C(=O)NCCN(C)C)=C(C)C1=O.Cl. The molecular weight excluding hydrogens is 344 g/mol. The van der Waals surface area contributed by atoms with Gasteiger partial charge in [0, 0.05) is 35.4 Å². The summed E-state index contributed by atoms with van der Waals surface area (Å²) in [7, 11) is 3.78. The molecule has 1 atom stereocenters. The highest BCUT2D eigenvalue weighted by molar-refractivity contribution is 6.24. The molecule has 25 heavy (non-hydrogen) atoms. The molecule has 0 fully saturated rings. The monoisotopic (exact) mass is 372 g/mol. The lowest BCUT2D eigenvalue weighted by Crippen LogP contribution is -2.46. The number of amides is 1. The number of hydrogen-bond acceptors (Lipinski definition) is 5. The van der Waals surface area contributed by atoms with E-state index in [1.807, 2.05) is 19.0 Å². The summed E-state index contributed by atoms with van der Waals surface area (Å²) in [4.78, 5) is 38.5. The second-order valence-corrected chi connectivity index (χ2v) is 6.84. The molecule has 0 aliphatic heterocycles. The number of carbonyl (C=O) groups is 3. The van der Waals surface area contributed by atoms with E-state index < -0.39 is 11.5 Å². The number of likely N-dealkylation sites (N-methyl/N-ethyl adjacent to an activating group) is 1. The Kier molecular flexibility index (Phi) is 8.71. The van der Waals surface area contributed by atoms with Gasteiger partial charge in [0.15, 0.2) is 11.6 Å². The van der Waals surface area contributed by atoms with Gasteiger partial charge in [-0.1, -0.05) is 0 Å². The fourth-order valence-corrected chi connectivity index (χ4v) is 2.52. The van der Waals surface area contributed by atoms with Crippen molar-refractivity contribution in [3.05, 3.63) is 22.3 Å². The molecule has 0 bridgehead atoms. The predicted molar refractivity (Wildman–Crippen MR) is 99.8 cm³/mol. The minimum absolute atomic E-state index is 0. The smallest absolute Gasteiger partial charge is 0.251 e. The number of allylic oxidation sites excluding steroid dienone is 4. The zero-order chi connectivity index (χ0) is 18.7. The number of hydrogen-bond donors (Lipinski definition) is 2. The number of aliphatic hydroxyl groups is 1. The third-order valence-electron chi connectivity index (χ3n) is 4.51. The van der Waals surface area contributed by atoms with E-state index in [9.17, 15) is 19.5 Å². The zero-order valence-electron chi connectivity index (χ0n) is 15.9. The number of carbonyl (C=O) groups excluding carboxylic acids is 3. The fraction of sp³-hybridized carbons (Fsp3) is 0.611. The Hall–Kier alpha value is -1.50. The lowest BCUT2D eigenvalue weighted by Gasteiger charge is -2.25. The number of ketones is 2. The van der Waals surface area contributed by atoms with Gasteiger partial charge >= 0.3 is 0 Å². The van der Waals surface area contributed by atoms with E-state index in [1.54, 1.807) is 20.8 Å². The van der Waals surface area contributed by atoms with Crippen LogP contribution < -0.4 is 5.32 Å². The third-order valence-corrected chi connectivity index (χ3v) is 4.51. The first kappa shape index (κ1) is 23.5. The second-order valence-electron chi connectivity index (χ2n) is 6.84. The quantitative estimate of drug-likeness (QED) is 0.660. The summed E-state index contributed by atoms with van der Waals surface area (Å²) in [5.41, 5.74) is 0.119. The number of nitrogens with zero attached hydrogens (tertiary/aromatic N) is 1. The summed E-state index contributed by atoms with van der Waals surface area (Å²) in [6, 6.07) is 0. The molecule has 0 spiro atoms. The molecule has 1 aliphatic carbocycles. The van der Waals surface area contributed by atoms with Gasteiger partial charge < -0.3 is 15.3 Å². The molecule has 0 aromatic carbocycles. The van der Waals surface area contributed by atoms with Crippen LogP contribution in [0.25, 0.3) is 0 Å². The van der Waals surface area contributed by atoms with Crippen LogP contribution in [-0.2, 0) is 14.4 Å². The van der Waals surface area contributed by atoms with E-state index >= 15 is 0 Å². The van der Waals surface area contributed by atoms with Gasteiger partial charge in [0.2, 0.25) is 0 Å². The summed E-state index contributed by atoms with van der Waals surface area (Å²) in [5.74, 6) is -0.786. The summed E-state index contributed by atoms with van der Waals surface area (Å²) < 4.78 is 0. The van der Waals surface area contributed by atoms with Crippen LogP contribution in [0, 0.1) is 0 Å². The first-order valence-corrected chi connectivity index (χ1v) is 8.11. The van der Waals surface area contributed by atoms with Crippen LogP contribution in [0.5, 0.6) is 0 Å². The highest BCUT2D eigenvalue weighted by Crippen LogP contribution is 2.28. The van der Waals surface area contributed by atoms with E-state index in [-0.39, 0.29) is 36.8 Å². The second kappa shape index (κ2) is 9.27. The van der Waals surface area contributed by atoms with Crippen LogP contribution >= 0.6 is 12.4 Å². The first-order valence-electron chi connectivity index (χ1n) is 8.11. The molecule has 1 unspecified atom stereocenters. The Morgan fingerprint density at radius 2 is 1.60 bits per heavy atom. The lowest BCUT2D eigenvalue weighted by molar-refractivity contribution is -0.138. The van der Waals surface area contributed by atoms with Crippen molar-refractivity contribution in [2.45, 2.75) is 46.1 Å². The maximum atomic E-state index is 12.4. The van der Waals surface area contributed by atoms with Crippen molar-refractivity contribution < 1.29 is 19.5 Å². The Labute approximate surface area is 155 Å². The van der Waals surface area contributed by atoms with Gasteiger partial charge in [0.05, 0.1) is 0 Å². The molecule has 0 heterocycles. The topological polar surface area (TPSA) is 86.7 Å². The van der Waals surface area contributed by atoms with Crippen LogP contribution in [0.1, 0.15) is 40.5 Å². The summed E-state index contributed by atoms with van der Waals surface area (Å²) in [6.07, 6.45) is 0.272. The van der Waals surface area contributed by atoms with Gasteiger partial charge in [-0.25, -0.2) is 0 Å². The maximum absolute atomic E-state index is 12.4.